The second-order valence-corrected chi connectivity index (χ2v) is 8.34. The zero-order valence-electron chi connectivity index (χ0n) is 18.6. The summed E-state index contributed by atoms with van der Waals surface area (Å²) in [7, 11) is 0. The maximum absolute atomic E-state index is 13.0. The monoisotopic (exact) mass is 497 g/mol. The largest absolute Gasteiger partial charge is 0.573 e. The summed E-state index contributed by atoms with van der Waals surface area (Å²) in [6.07, 6.45) is -9.09. The van der Waals surface area contributed by atoms with E-state index in [9.17, 15) is 36.2 Å². The van der Waals surface area contributed by atoms with Gasteiger partial charge in [0.1, 0.15) is 5.75 Å². The summed E-state index contributed by atoms with van der Waals surface area (Å²) >= 11 is 0. The van der Waals surface area contributed by atoms with Gasteiger partial charge in [0, 0.05) is 11.1 Å². The van der Waals surface area contributed by atoms with Crippen molar-refractivity contribution in [1.82, 2.24) is 4.98 Å². The highest BCUT2D eigenvalue weighted by Crippen LogP contribution is 2.34. The Morgan fingerprint density at radius 1 is 0.886 bits per heavy atom. The zero-order valence-corrected chi connectivity index (χ0v) is 18.6. The molecular formula is C25H21F6NO3. The number of nitrogens with zero attached hydrogens (tertiary/aromatic N) is 1. The predicted molar refractivity (Wildman–Crippen MR) is 117 cm³/mol. The summed E-state index contributed by atoms with van der Waals surface area (Å²) < 4.78 is 80.2. The zero-order chi connectivity index (χ0) is 26.0. The molecule has 3 rings (SSSR count). The van der Waals surface area contributed by atoms with Crippen LogP contribution >= 0.6 is 0 Å². The first-order chi connectivity index (χ1) is 16.2. The quantitative estimate of drug-likeness (QED) is 0.343. The highest BCUT2D eigenvalue weighted by atomic mass is 19.4. The fraction of sp³-hybridized carbons (Fsp3) is 0.280. The van der Waals surface area contributed by atoms with Crippen molar-refractivity contribution in [3.63, 3.8) is 0 Å². The van der Waals surface area contributed by atoms with E-state index in [1.54, 1.807) is 0 Å². The molecule has 0 saturated heterocycles. The smallest absolute Gasteiger partial charge is 0.481 e. The van der Waals surface area contributed by atoms with Gasteiger partial charge in [-0.05, 0) is 66.4 Å². The van der Waals surface area contributed by atoms with E-state index >= 15 is 0 Å². The number of carboxylic acid groups (broad SMARTS) is 1. The van der Waals surface area contributed by atoms with E-state index < -0.39 is 35.7 Å². The minimum atomic E-state index is -4.86. The number of aromatic nitrogens is 1. The molecule has 186 valence electrons. The fourth-order valence-corrected chi connectivity index (χ4v) is 3.56. The Hall–Kier alpha value is -3.56. The van der Waals surface area contributed by atoms with Crippen molar-refractivity contribution >= 4 is 5.97 Å². The van der Waals surface area contributed by atoms with Crippen LogP contribution in [0.25, 0.3) is 22.5 Å². The Morgan fingerprint density at radius 3 is 1.77 bits per heavy atom. The number of aliphatic carboxylic acids is 1. The SMILES string of the molecule is CC(C)CC(C(=O)O)c1cc(-c2ccc(OC(F)(F)F)cc2)nc(-c2ccc(C(F)(F)F)cc2)c1. The molecule has 0 aliphatic heterocycles. The molecule has 0 saturated carbocycles. The summed E-state index contributed by atoms with van der Waals surface area (Å²) in [4.78, 5) is 16.4. The van der Waals surface area contributed by atoms with Gasteiger partial charge in [-0.1, -0.05) is 26.0 Å². The molecule has 0 bridgehead atoms. The third kappa shape index (κ3) is 6.97. The Bertz CT molecular complexity index is 1170. The molecule has 1 unspecified atom stereocenters. The van der Waals surface area contributed by atoms with Gasteiger partial charge in [0.15, 0.2) is 0 Å². The summed E-state index contributed by atoms with van der Waals surface area (Å²) in [5, 5.41) is 9.80. The van der Waals surface area contributed by atoms with Crippen LogP contribution in [0.5, 0.6) is 5.75 Å². The first-order valence-electron chi connectivity index (χ1n) is 10.5. The Kier molecular flexibility index (Phi) is 7.42. The molecule has 0 aliphatic rings. The van der Waals surface area contributed by atoms with Gasteiger partial charge in [0.2, 0.25) is 0 Å². The Labute approximate surface area is 197 Å². The number of benzene rings is 2. The number of hydrogen-bond acceptors (Lipinski definition) is 3. The van der Waals surface area contributed by atoms with Crippen LogP contribution in [0, 0.1) is 5.92 Å². The van der Waals surface area contributed by atoms with E-state index in [4.69, 9.17) is 0 Å². The molecule has 35 heavy (non-hydrogen) atoms. The third-order valence-corrected chi connectivity index (χ3v) is 5.15. The van der Waals surface area contributed by atoms with Gasteiger partial charge in [0.25, 0.3) is 0 Å². The minimum absolute atomic E-state index is 0.0287. The molecule has 1 heterocycles. The van der Waals surface area contributed by atoms with E-state index in [-0.39, 0.29) is 17.3 Å². The lowest BCUT2D eigenvalue weighted by molar-refractivity contribution is -0.274. The van der Waals surface area contributed by atoms with Gasteiger partial charge in [-0.3, -0.25) is 4.79 Å². The second-order valence-electron chi connectivity index (χ2n) is 8.34. The first kappa shape index (κ1) is 26.1. The molecule has 1 N–H and O–H groups in total. The summed E-state index contributed by atoms with van der Waals surface area (Å²) in [5.41, 5.74) is 0.723. The van der Waals surface area contributed by atoms with Crippen molar-refractivity contribution in [2.45, 2.75) is 38.7 Å². The molecule has 1 aromatic heterocycles. The molecule has 0 spiro atoms. The van der Waals surface area contributed by atoms with Crippen LogP contribution in [0.15, 0.2) is 60.7 Å². The third-order valence-electron chi connectivity index (χ3n) is 5.15. The molecule has 10 heteroatoms. The number of hydrogen-bond donors (Lipinski definition) is 1. The Balaban J connectivity index is 2.10. The average molecular weight is 497 g/mol. The fourth-order valence-electron chi connectivity index (χ4n) is 3.56. The molecule has 0 amide bonds. The highest BCUT2D eigenvalue weighted by Gasteiger charge is 2.31. The van der Waals surface area contributed by atoms with Crippen molar-refractivity contribution < 1.29 is 41.0 Å². The summed E-state index contributed by atoms with van der Waals surface area (Å²) in [6.45, 7) is 3.71. The van der Waals surface area contributed by atoms with Gasteiger partial charge in [-0.2, -0.15) is 13.2 Å². The van der Waals surface area contributed by atoms with E-state index in [0.29, 0.717) is 23.1 Å². The van der Waals surface area contributed by atoms with Gasteiger partial charge >= 0.3 is 18.5 Å². The molecule has 0 fully saturated rings. The standard InChI is InChI=1S/C25H21F6NO3/c1-14(2)11-20(23(33)34)17-12-21(15-3-7-18(8-4-15)24(26,27)28)32-22(13-17)16-5-9-19(10-6-16)35-25(29,30)31/h3-10,12-14,20H,11H2,1-2H3,(H,33,34). The van der Waals surface area contributed by atoms with E-state index in [0.717, 1.165) is 24.3 Å². The minimum Gasteiger partial charge on any atom is -0.481 e. The molecule has 4 nitrogen and oxygen atoms in total. The molecule has 1 atom stereocenters. The normalized spacial score (nSPS) is 13.1. The van der Waals surface area contributed by atoms with Crippen LogP contribution in [-0.4, -0.2) is 22.4 Å². The lowest BCUT2D eigenvalue weighted by atomic mass is 9.89. The van der Waals surface area contributed by atoms with Crippen LogP contribution in [0.1, 0.15) is 37.3 Å². The first-order valence-corrected chi connectivity index (χ1v) is 10.5. The van der Waals surface area contributed by atoms with Crippen molar-refractivity contribution in [2.75, 3.05) is 0 Å². The second kappa shape index (κ2) is 9.97. The van der Waals surface area contributed by atoms with Crippen LogP contribution in [0.3, 0.4) is 0 Å². The van der Waals surface area contributed by atoms with E-state index in [2.05, 4.69) is 9.72 Å². The number of carboxylic acids is 1. The molecule has 0 radical (unpaired) electrons. The number of pyridine rings is 1. The number of ether oxygens (including phenoxy) is 1. The number of halogens is 6. The van der Waals surface area contributed by atoms with Crippen molar-refractivity contribution in [3.05, 3.63) is 71.8 Å². The van der Waals surface area contributed by atoms with Gasteiger partial charge in [0.05, 0.1) is 22.9 Å². The topological polar surface area (TPSA) is 59.4 Å². The highest BCUT2D eigenvalue weighted by molar-refractivity contribution is 5.78. The van der Waals surface area contributed by atoms with Crippen LogP contribution in [0.4, 0.5) is 26.3 Å². The number of carbonyl (C=O) groups is 1. The van der Waals surface area contributed by atoms with Gasteiger partial charge in [-0.15, -0.1) is 13.2 Å². The number of alkyl halides is 6. The molecule has 2 aromatic carbocycles. The maximum Gasteiger partial charge on any atom is 0.573 e. The van der Waals surface area contributed by atoms with E-state index in [1.165, 1.54) is 36.4 Å². The van der Waals surface area contributed by atoms with Crippen LogP contribution < -0.4 is 4.74 Å². The van der Waals surface area contributed by atoms with Gasteiger partial charge < -0.3 is 9.84 Å². The average Bonchev–Trinajstić information content (AvgIpc) is 2.76. The molecule has 3 aromatic rings. The van der Waals surface area contributed by atoms with Crippen molar-refractivity contribution in [1.29, 1.82) is 0 Å². The van der Waals surface area contributed by atoms with Crippen molar-refractivity contribution in [3.8, 4) is 28.3 Å². The lowest BCUT2D eigenvalue weighted by Crippen LogP contribution is -2.17. The maximum atomic E-state index is 13.0. The van der Waals surface area contributed by atoms with Crippen LogP contribution in [0.2, 0.25) is 0 Å². The lowest BCUT2D eigenvalue weighted by Gasteiger charge is -2.18. The Morgan fingerprint density at radius 2 is 1.37 bits per heavy atom. The van der Waals surface area contributed by atoms with Crippen molar-refractivity contribution in [2.24, 2.45) is 5.92 Å². The predicted octanol–water partition coefficient (Wildman–Crippen LogP) is 7.55. The molecular weight excluding hydrogens is 476 g/mol. The van der Waals surface area contributed by atoms with E-state index in [1.807, 2.05) is 13.8 Å². The summed E-state index contributed by atoms with van der Waals surface area (Å²) in [6, 6.07) is 12.2. The van der Waals surface area contributed by atoms with Gasteiger partial charge in [-0.25, -0.2) is 4.98 Å². The molecule has 0 aliphatic carbocycles. The summed E-state index contributed by atoms with van der Waals surface area (Å²) in [5.74, 6) is -2.41. The van der Waals surface area contributed by atoms with Crippen LogP contribution in [-0.2, 0) is 11.0 Å². The number of rotatable bonds is 7.